The Morgan fingerprint density at radius 3 is 2.57 bits per heavy atom. The maximum Gasteiger partial charge on any atom is 0.295 e. The number of nitrogens with zero attached hydrogens (tertiary/aromatic N) is 1. The molecule has 0 bridgehead atoms. The molecule has 0 spiro atoms. The van der Waals surface area contributed by atoms with E-state index in [-0.39, 0.29) is 24.0 Å². The zero-order chi connectivity index (χ0) is 19.8. The van der Waals surface area contributed by atoms with Crippen LogP contribution in [0.5, 0.6) is 0 Å². The lowest BCUT2D eigenvalue weighted by molar-refractivity contribution is -0.141. The smallest absolute Gasteiger partial charge is 0.295 e. The highest BCUT2D eigenvalue weighted by atomic mass is 35.5. The van der Waals surface area contributed by atoms with Crippen LogP contribution in [0.4, 0.5) is 0 Å². The van der Waals surface area contributed by atoms with Crippen LogP contribution < -0.4 is 0 Å². The molecule has 4 rings (SSSR count). The van der Waals surface area contributed by atoms with Crippen LogP contribution in [-0.4, -0.2) is 41.0 Å². The Balaban J connectivity index is 1.80. The summed E-state index contributed by atoms with van der Waals surface area (Å²) in [5.74, 6) is -0.548. The SMILES string of the molecule is Cc1ccc([C@@H]2C(=C(O)c3ccc(Cl)cc3)C(=O)C(=O)N2C[C@@H]2CCCO2)o1. The predicted octanol–water partition coefficient (Wildman–Crippen LogP) is 3.84. The number of aryl methyl sites for hydroxylation is 1. The monoisotopic (exact) mass is 401 g/mol. The van der Waals surface area contributed by atoms with Crippen molar-refractivity contribution >= 4 is 29.1 Å². The van der Waals surface area contributed by atoms with Gasteiger partial charge in [-0.25, -0.2) is 0 Å². The van der Waals surface area contributed by atoms with E-state index in [1.807, 2.05) is 0 Å². The van der Waals surface area contributed by atoms with Crippen molar-refractivity contribution in [3.8, 4) is 0 Å². The first-order valence-corrected chi connectivity index (χ1v) is 9.56. The number of hydrogen-bond acceptors (Lipinski definition) is 5. The summed E-state index contributed by atoms with van der Waals surface area (Å²) in [5.41, 5.74) is 0.424. The third kappa shape index (κ3) is 3.34. The summed E-state index contributed by atoms with van der Waals surface area (Å²) >= 11 is 5.92. The molecule has 1 N–H and O–H groups in total. The van der Waals surface area contributed by atoms with E-state index in [2.05, 4.69) is 0 Å². The minimum Gasteiger partial charge on any atom is -0.507 e. The zero-order valence-electron chi connectivity index (χ0n) is 15.4. The van der Waals surface area contributed by atoms with E-state index < -0.39 is 17.7 Å². The molecule has 1 amide bonds. The highest BCUT2D eigenvalue weighted by Gasteiger charge is 2.48. The van der Waals surface area contributed by atoms with Crippen molar-refractivity contribution in [1.82, 2.24) is 4.90 Å². The third-order valence-corrected chi connectivity index (χ3v) is 5.36. The molecule has 2 saturated heterocycles. The van der Waals surface area contributed by atoms with E-state index in [0.717, 1.165) is 12.8 Å². The second kappa shape index (κ2) is 7.45. The third-order valence-electron chi connectivity index (χ3n) is 5.11. The van der Waals surface area contributed by atoms with Crippen LogP contribution in [0, 0.1) is 6.92 Å². The van der Waals surface area contributed by atoms with E-state index >= 15 is 0 Å². The Kier molecular flexibility index (Phi) is 5.00. The largest absolute Gasteiger partial charge is 0.507 e. The van der Waals surface area contributed by atoms with E-state index in [1.165, 1.54) is 4.90 Å². The number of rotatable bonds is 4. The molecule has 0 saturated carbocycles. The van der Waals surface area contributed by atoms with E-state index in [9.17, 15) is 14.7 Å². The Labute approximate surface area is 167 Å². The maximum atomic E-state index is 12.8. The minimum atomic E-state index is -0.798. The molecule has 2 fully saturated rings. The number of aliphatic hydroxyl groups is 1. The van der Waals surface area contributed by atoms with Crippen LogP contribution in [0.1, 0.15) is 36.0 Å². The summed E-state index contributed by atoms with van der Waals surface area (Å²) in [7, 11) is 0. The summed E-state index contributed by atoms with van der Waals surface area (Å²) in [5, 5.41) is 11.4. The quantitative estimate of drug-likeness (QED) is 0.478. The molecule has 28 heavy (non-hydrogen) atoms. The molecule has 1 aromatic heterocycles. The Morgan fingerprint density at radius 2 is 1.96 bits per heavy atom. The molecule has 2 atom stereocenters. The number of ketones is 1. The minimum absolute atomic E-state index is 0.0136. The number of ether oxygens (including phenoxy) is 1. The first-order valence-electron chi connectivity index (χ1n) is 9.18. The number of carbonyl (C=O) groups is 2. The van der Waals surface area contributed by atoms with Gasteiger partial charge in [0.05, 0.1) is 11.7 Å². The lowest BCUT2D eigenvalue weighted by Gasteiger charge is -2.25. The van der Waals surface area contributed by atoms with Crippen molar-refractivity contribution in [3.05, 3.63) is 64.1 Å². The average Bonchev–Trinajstić information content (AvgIpc) is 3.39. The van der Waals surface area contributed by atoms with Gasteiger partial charge < -0.3 is 19.2 Å². The molecule has 2 aliphatic rings. The van der Waals surface area contributed by atoms with Gasteiger partial charge in [-0.2, -0.15) is 0 Å². The second-order valence-corrected chi connectivity index (χ2v) is 7.48. The van der Waals surface area contributed by atoms with Gasteiger partial charge in [0.15, 0.2) is 0 Å². The molecule has 2 aliphatic heterocycles. The number of hydrogen-bond donors (Lipinski definition) is 1. The van der Waals surface area contributed by atoms with Gasteiger partial charge in [0.2, 0.25) is 0 Å². The fourth-order valence-electron chi connectivity index (χ4n) is 3.74. The lowest BCUT2D eigenvalue weighted by atomic mass is 9.99. The maximum absolute atomic E-state index is 12.8. The van der Waals surface area contributed by atoms with Gasteiger partial charge in [0.1, 0.15) is 23.3 Å². The van der Waals surface area contributed by atoms with Crippen LogP contribution in [0.15, 0.2) is 46.4 Å². The normalized spacial score (nSPS) is 24.3. The molecular formula is C21H20ClNO5. The van der Waals surface area contributed by atoms with E-state index in [1.54, 1.807) is 43.3 Å². The van der Waals surface area contributed by atoms with Crippen molar-refractivity contribution in [3.63, 3.8) is 0 Å². The predicted molar refractivity (Wildman–Crippen MR) is 103 cm³/mol. The van der Waals surface area contributed by atoms with Gasteiger partial charge in [-0.05, 0) is 56.2 Å². The van der Waals surface area contributed by atoms with Crippen molar-refractivity contribution in [2.24, 2.45) is 0 Å². The van der Waals surface area contributed by atoms with Crippen molar-refractivity contribution in [2.75, 3.05) is 13.2 Å². The average molecular weight is 402 g/mol. The van der Waals surface area contributed by atoms with Crippen molar-refractivity contribution in [1.29, 1.82) is 0 Å². The highest BCUT2D eigenvalue weighted by Crippen LogP contribution is 2.40. The standard InChI is InChI=1S/C21H20ClNO5/c1-12-4-9-16(28-12)18-17(19(24)13-5-7-14(22)8-6-13)20(25)21(26)23(18)11-15-3-2-10-27-15/h4-9,15,18,24H,2-3,10-11H2,1H3/t15-,18+/m0/s1. The summed E-state index contributed by atoms with van der Waals surface area (Å²) < 4.78 is 11.4. The Bertz CT molecular complexity index is 940. The number of likely N-dealkylation sites (tertiary alicyclic amines) is 1. The molecule has 146 valence electrons. The molecule has 6 nitrogen and oxygen atoms in total. The summed E-state index contributed by atoms with van der Waals surface area (Å²) in [6, 6.07) is 9.14. The number of aliphatic hydroxyl groups excluding tert-OH is 1. The highest BCUT2D eigenvalue weighted by molar-refractivity contribution is 6.46. The first kappa shape index (κ1) is 18.8. The van der Waals surface area contributed by atoms with Gasteiger partial charge in [0.25, 0.3) is 11.7 Å². The second-order valence-electron chi connectivity index (χ2n) is 7.04. The molecule has 1 aromatic carbocycles. The Hall–Kier alpha value is -2.57. The van der Waals surface area contributed by atoms with Crippen molar-refractivity contribution < 1.29 is 23.8 Å². The summed E-state index contributed by atoms with van der Waals surface area (Å²) in [6.45, 7) is 2.70. The van der Waals surface area contributed by atoms with E-state index in [0.29, 0.717) is 28.7 Å². The Morgan fingerprint density at radius 1 is 1.21 bits per heavy atom. The van der Waals surface area contributed by atoms with Gasteiger partial charge in [-0.1, -0.05) is 11.6 Å². The molecular weight excluding hydrogens is 382 g/mol. The van der Waals surface area contributed by atoms with Gasteiger partial charge in [0, 0.05) is 23.7 Å². The van der Waals surface area contributed by atoms with Crippen molar-refractivity contribution in [2.45, 2.75) is 31.9 Å². The number of amides is 1. The molecule has 0 unspecified atom stereocenters. The van der Waals surface area contributed by atoms with E-state index in [4.69, 9.17) is 20.8 Å². The van der Waals surface area contributed by atoms with Gasteiger partial charge in [-0.3, -0.25) is 9.59 Å². The number of halogens is 1. The van der Waals surface area contributed by atoms with Crippen LogP contribution in [0.2, 0.25) is 5.02 Å². The molecule has 0 radical (unpaired) electrons. The van der Waals surface area contributed by atoms with Crippen LogP contribution in [0.3, 0.4) is 0 Å². The van der Waals surface area contributed by atoms with Crippen LogP contribution >= 0.6 is 11.6 Å². The number of carbonyl (C=O) groups excluding carboxylic acids is 2. The fourth-order valence-corrected chi connectivity index (χ4v) is 3.86. The topological polar surface area (TPSA) is 80.0 Å². The van der Waals surface area contributed by atoms with Crippen LogP contribution in [0.25, 0.3) is 5.76 Å². The van der Waals surface area contributed by atoms with Crippen LogP contribution in [-0.2, 0) is 14.3 Å². The summed E-state index contributed by atoms with van der Waals surface area (Å²) in [4.78, 5) is 27.1. The lowest BCUT2D eigenvalue weighted by Crippen LogP contribution is -2.36. The molecule has 7 heteroatoms. The molecule has 2 aromatic rings. The molecule has 0 aliphatic carbocycles. The fraction of sp³-hybridized carbons (Fsp3) is 0.333. The number of furan rings is 1. The summed E-state index contributed by atoms with van der Waals surface area (Å²) in [6.07, 6.45) is 1.61. The zero-order valence-corrected chi connectivity index (χ0v) is 16.1. The number of Topliss-reactive ketones (excluding diaryl/α,β-unsaturated/α-hetero) is 1. The first-order chi connectivity index (χ1) is 13.5. The number of benzene rings is 1. The molecule has 3 heterocycles. The van der Waals surface area contributed by atoms with Gasteiger partial charge >= 0.3 is 0 Å². The van der Waals surface area contributed by atoms with Gasteiger partial charge in [-0.15, -0.1) is 0 Å².